The highest BCUT2D eigenvalue weighted by Crippen LogP contribution is 2.35. The molecule has 2 aromatic rings. The fourth-order valence-electron chi connectivity index (χ4n) is 3.37. The predicted octanol–water partition coefficient (Wildman–Crippen LogP) is 3.66. The van der Waals surface area contributed by atoms with Crippen LogP contribution in [0.3, 0.4) is 0 Å². The summed E-state index contributed by atoms with van der Waals surface area (Å²) in [7, 11) is 0. The van der Waals surface area contributed by atoms with Crippen LogP contribution in [0.4, 0.5) is 0 Å². The molecule has 21 heavy (non-hydrogen) atoms. The molecule has 0 saturated carbocycles. The number of hydrogen-bond donors (Lipinski definition) is 1. The first-order valence-corrected chi connectivity index (χ1v) is 8.68. The van der Waals surface area contributed by atoms with E-state index in [-0.39, 0.29) is 6.10 Å². The molecule has 1 aromatic heterocycles. The zero-order valence-corrected chi connectivity index (χ0v) is 13.4. The zero-order valence-electron chi connectivity index (χ0n) is 12.5. The normalized spacial score (nSPS) is 20.2. The number of β-amino-alcohol motifs (C(OH)–C–C–N with tert-alkyl or cyclic N) is 1. The number of nitrogens with zero attached hydrogens (tertiary/aromatic N) is 1. The average molecular weight is 301 g/mol. The lowest BCUT2D eigenvalue weighted by Crippen LogP contribution is -2.40. The van der Waals surface area contributed by atoms with Crippen LogP contribution in [-0.4, -0.2) is 29.2 Å². The summed E-state index contributed by atoms with van der Waals surface area (Å²) in [5, 5.41) is 12.6. The quantitative estimate of drug-likeness (QED) is 0.911. The first kappa shape index (κ1) is 14.8. The van der Waals surface area contributed by atoms with Crippen molar-refractivity contribution >= 4 is 11.3 Å². The van der Waals surface area contributed by atoms with Crippen LogP contribution in [0.25, 0.3) is 0 Å². The first-order valence-electron chi connectivity index (χ1n) is 7.80. The van der Waals surface area contributed by atoms with Crippen molar-refractivity contribution in [3.8, 4) is 0 Å². The van der Waals surface area contributed by atoms with E-state index in [0.717, 1.165) is 32.4 Å². The van der Waals surface area contributed by atoms with Gasteiger partial charge in [-0.25, -0.2) is 0 Å². The summed E-state index contributed by atoms with van der Waals surface area (Å²) in [6.07, 6.45) is 2.69. The standard InChI is InChI=1S/C18H23NOS/c1-2-17-16-9-11-21-18(16)8-10-19(17)13-15(20)12-14-6-4-3-5-7-14/h3-7,9,11,15,17,20H,2,8,10,12-13H2,1H3. The molecular formula is C18H23NOS. The molecule has 3 heteroatoms. The number of thiophene rings is 1. The monoisotopic (exact) mass is 301 g/mol. The molecule has 2 nitrogen and oxygen atoms in total. The highest BCUT2D eigenvalue weighted by molar-refractivity contribution is 7.10. The van der Waals surface area contributed by atoms with Crippen molar-refractivity contribution in [2.75, 3.05) is 13.1 Å². The molecule has 0 aliphatic carbocycles. The Hall–Kier alpha value is -1.16. The van der Waals surface area contributed by atoms with Gasteiger partial charge in [0.05, 0.1) is 6.10 Å². The van der Waals surface area contributed by atoms with Crippen LogP contribution in [0.1, 0.15) is 35.4 Å². The van der Waals surface area contributed by atoms with Crippen molar-refractivity contribution in [2.45, 2.75) is 38.3 Å². The van der Waals surface area contributed by atoms with Gasteiger partial charge in [-0.2, -0.15) is 0 Å². The Morgan fingerprint density at radius 3 is 2.86 bits per heavy atom. The second-order valence-electron chi connectivity index (χ2n) is 5.81. The van der Waals surface area contributed by atoms with E-state index in [9.17, 15) is 5.11 Å². The number of aliphatic hydroxyl groups is 1. The first-order chi connectivity index (χ1) is 10.3. The Balaban J connectivity index is 1.64. The molecule has 0 amide bonds. The number of fused-ring (bicyclic) bond motifs is 1. The van der Waals surface area contributed by atoms with Crippen molar-refractivity contribution < 1.29 is 5.11 Å². The Morgan fingerprint density at radius 1 is 1.29 bits per heavy atom. The van der Waals surface area contributed by atoms with Gasteiger partial charge in [0.25, 0.3) is 0 Å². The van der Waals surface area contributed by atoms with Gasteiger partial charge in [0, 0.05) is 24.0 Å². The third kappa shape index (κ3) is 3.37. The smallest absolute Gasteiger partial charge is 0.0707 e. The molecule has 1 N–H and O–H groups in total. The molecule has 0 saturated heterocycles. The van der Waals surface area contributed by atoms with E-state index in [1.54, 1.807) is 0 Å². The van der Waals surface area contributed by atoms with Crippen LogP contribution < -0.4 is 0 Å². The summed E-state index contributed by atoms with van der Waals surface area (Å²) in [5.41, 5.74) is 2.70. The minimum absolute atomic E-state index is 0.290. The van der Waals surface area contributed by atoms with Gasteiger partial charge >= 0.3 is 0 Å². The Labute approximate surface area is 131 Å². The van der Waals surface area contributed by atoms with Gasteiger partial charge in [-0.15, -0.1) is 11.3 Å². The van der Waals surface area contributed by atoms with Gasteiger partial charge < -0.3 is 5.11 Å². The maximum Gasteiger partial charge on any atom is 0.0707 e. The Kier molecular flexibility index (Phi) is 4.73. The van der Waals surface area contributed by atoms with Gasteiger partial charge in [-0.1, -0.05) is 37.3 Å². The minimum atomic E-state index is -0.290. The Morgan fingerprint density at radius 2 is 2.10 bits per heavy atom. The summed E-state index contributed by atoms with van der Waals surface area (Å²) in [5.74, 6) is 0. The fraction of sp³-hybridized carbons (Fsp3) is 0.444. The van der Waals surface area contributed by atoms with E-state index >= 15 is 0 Å². The van der Waals surface area contributed by atoms with E-state index < -0.39 is 0 Å². The van der Waals surface area contributed by atoms with Crippen molar-refractivity contribution in [1.82, 2.24) is 4.90 Å². The Bertz CT molecular complexity index is 566. The van der Waals surface area contributed by atoms with Crippen molar-refractivity contribution in [3.05, 3.63) is 57.8 Å². The zero-order chi connectivity index (χ0) is 14.7. The summed E-state index contributed by atoms with van der Waals surface area (Å²) < 4.78 is 0. The van der Waals surface area contributed by atoms with Gasteiger partial charge in [0.1, 0.15) is 0 Å². The molecule has 1 aromatic carbocycles. The summed E-state index contributed by atoms with van der Waals surface area (Å²) >= 11 is 1.88. The van der Waals surface area contributed by atoms with E-state index in [1.165, 1.54) is 16.0 Å². The van der Waals surface area contributed by atoms with Crippen LogP contribution in [0.15, 0.2) is 41.8 Å². The molecule has 112 valence electrons. The van der Waals surface area contributed by atoms with E-state index in [1.807, 2.05) is 29.5 Å². The predicted molar refractivity (Wildman–Crippen MR) is 88.8 cm³/mol. The molecule has 2 unspecified atom stereocenters. The third-order valence-electron chi connectivity index (χ3n) is 4.35. The van der Waals surface area contributed by atoms with E-state index in [4.69, 9.17) is 0 Å². The maximum absolute atomic E-state index is 10.4. The van der Waals surface area contributed by atoms with Crippen molar-refractivity contribution in [2.24, 2.45) is 0 Å². The second kappa shape index (κ2) is 6.73. The highest BCUT2D eigenvalue weighted by Gasteiger charge is 2.28. The van der Waals surface area contributed by atoms with Crippen molar-refractivity contribution in [3.63, 3.8) is 0 Å². The van der Waals surface area contributed by atoms with Crippen LogP contribution in [0.2, 0.25) is 0 Å². The van der Waals surface area contributed by atoms with Crippen LogP contribution >= 0.6 is 11.3 Å². The molecule has 0 spiro atoms. The highest BCUT2D eigenvalue weighted by atomic mass is 32.1. The summed E-state index contributed by atoms with van der Waals surface area (Å²) in [4.78, 5) is 4.00. The summed E-state index contributed by atoms with van der Waals surface area (Å²) in [6.45, 7) is 4.08. The number of aliphatic hydroxyl groups excluding tert-OH is 1. The molecule has 0 radical (unpaired) electrons. The average Bonchev–Trinajstić information content (AvgIpc) is 2.96. The van der Waals surface area contributed by atoms with Crippen molar-refractivity contribution in [1.29, 1.82) is 0 Å². The second-order valence-corrected chi connectivity index (χ2v) is 6.81. The molecule has 2 heterocycles. The lowest BCUT2D eigenvalue weighted by molar-refractivity contribution is 0.0806. The molecule has 0 bridgehead atoms. The lowest BCUT2D eigenvalue weighted by atomic mass is 9.97. The van der Waals surface area contributed by atoms with Gasteiger partial charge in [-0.05, 0) is 41.8 Å². The summed E-state index contributed by atoms with van der Waals surface area (Å²) in [6, 6.07) is 13.0. The molecule has 0 fully saturated rings. The van der Waals surface area contributed by atoms with Gasteiger partial charge in [0.2, 0.25) is 0 Å². The van der Waals surface area contributed by atoms with Gasteiger partial charge in [0.15, 0.2) is 0 Å². The van der Waals surface area contributed by atoms with Gasteiger partial charge in [-0.3, -0.25) is 4.90 Å². The number of rotatable bonds is 5. The number of benzene rings is 1. The SMILES string of the molecule is CCC1c2ccsc2CCN1CC(O)Cc1ccccc1. The largest absolute Gasteiger partial charge is 0.391 e. The van der Waals surface area contributed by atoms with Crippen LogP contribution in [0, 0.1) is 0 Å². The minimum Gasteiger partial charge on any atom is -0.391 e. The third-order valence-corrected chi connectivity index (χ3v) is 5.35. The molecular weight excluding hydrogens is 278 g/mol. The van der Waals surface area contributed by atoms with Crippen LogP contribution in [-0.2, 0) is 12.8 Å². The van der Waals surface area contributed by atoms with Crippen LogP contribution in [0.5, 0.6) is 0 Å². The molecule has 3 rings (SSSR count). The lowest BCUT2D eigenvalue weighted by Gasteiger charge is -2.36. The number of hydrogen-bond acceptors (Lipinski definition) is 3. The molecule has 2 atom stereocenters. The maximum atomic E-state index is 10.4. The van der Waals surface area contributed by atoms with E-state index in [0.29, 0.717) is 6.04 Å². The fourth-order valence-corrected chi connectivity index (χ4v) is 4.29. The molecule has 1 aliphatic rings. The van der Waals surface area contributed by atoms with E-state index in [2.05, 4.69) is 35.4 Å². The topological polar surface area (TPSA) is 23.5 Å². The molecule has 1 aliphatic heterocycles.